The van der Waals surface area contributed by atoms with E-state index in [0.29, 0.717) is 18.7 Å². The van der Waals surface area contributed by atoms with Gasteiger partial charge in [0.2, 0.25) is 0 Å². The van der Waals surface area contributed by atoms with E-state index in [0.717, 1.165) is 30.7 Å². The van der Waals surface area contributed by atoms with E-state index < -0.39 is 0 Å². The first-order chi connectivity index (χ1) is 10.3. The van der Waals surface area contributed by atoms with E-state index in [-0.39, 0.29) is 5.91 Å². The van der Waals surface area contributed by atoms with Crippen molar-refractivity contribution in [3.8, 4) is 0 Å². The second-order valence-electron chi connectivity index (χ2n) is 5.02. The molecule has 21 heavy (non-hydrogen) atoms. The van der Waals surface area contributed by atoms with E-state index in [2.05, 4.69) is 27.1 Å². The number of rotatable bonds is 2. The lowest BCUT2D eigenvalue weighted by atomic mass is 10.1. The van der Waals surface area contributed by atoms with E-state index >= 15 is 0 Å². The minimum Gasteiger partial charge on any atom is -0.338 e. The smallest absolute Gasteiger partial charge is 0.255 e. The minimum atomic E-state index is 0.00344. The molecule has 3 rings (SSSR count). The molecule has 0 N–H and O–H groups in total. The van der Waals surface area contributed by atoms with Crippen LogP contribution in [0.4, 0.5) is 0 Å². The molecule has 2 aromatic heterocycles. The van der Waals surface area contributed by atoms with Crippen molar-refractivity contribution in [2.75, 3.05) is 13.1 Å². The fourth-order valence-electron chi connectivity index (χ4n) is 2.70. The molecule has 2 aromatic rings. The molecule has 1 aliphatic heterocycles. The van der Waals surface area contributed by atoms with Crippen LogP contribution in [0, 0.1) is 0 Å². The largest absolute Gasteiger partial charge is 0.338 e. The van der Waals surface area contributed by atoms with Crippen LogP contribution in [0.2, 0.25) is 0 Å². The Kier molecular flexibility index (Phi) is 3.85. The fraction of sp³-hybridized carbons (Fsp3) is 0.400. The molecule has 0 aliphatic carbocycles. The quantitative estimate of drug-likeness (QED) is 0.824. The number of hydrogen-bond donors (Lipinski definition) is 0. The maximum Gasteiger partial charge on any atom is 0.255 e. The Labute approximate surface area is 123 Å². The Morgan fingerprint density at radius 1 is 1.24 bits per heavy atom. The Hall–Kier alpha value is -2.37. The number of carbonyl (C=O) groups is 1. The molecule has 0 atom stereocenters. The molecule has 108 valence electrons. The van der Waals surface area contributed by atoms with Gasteiger partial charge in [0.25, 0.3) is 5.91 Å². The number of carbonyl (C=O) groups excluding carboxylic acids is 1. The van der Waals surface area contributed by atoms with Crippen LogP contribution in [-0.2, 0) is 19.3 Å². The highest BCUT2D eigenvalue weighted by Crippen LogP contribution is 2.18. The van der Waals surface area contributed by atoms with E-state index in [4.69, 9.17) is 0 Å². The molecule has 0 radical (unpaired) electrons. The third-order valence-corrected chi connectivity index (χ3v) is 3.83. The summed E-state index contributed by atoms with van der Waals surface area (Å²) < 4.78 is 0. The second-order valence-corrected chi connectivity index (χ2v) is 5.02. The summed E-state index contributed by atoms with van der Waals surface area (Å²) in [6.07, 6.45) is 7.16. The fourth-order valence-corrected chi connectivity index (χ4v) is 2.70. The molecule has 0 saturated heterocycles. The van der Waals surface area contributed by atoms with Gasteiger partial charge in [-0.3, -0.25) is 4.79 Å². The van der Waals surface area contributed by atoms with Gasteiger partial charge in [-0.1, -0.05) is 6.92 Å². The lowest BCUT2D eigenvalue weighted by molar-refractivity contribution is 0.0762. The van der Waals surface area contributed by atoms with Crippen molar-refractivity contribution in [1.82, 2.24) is 25.1 Å². The zero-order valence-corrected chi connectivity index (χ0v) is 12.0. The number of nitrogens with zero attached hydrogens (tertiary/aromatic N) is 5. The van der Waals surface area contributed by atoms with Gasteiger partial charge in [0.15, 0.2) is 0 Å². The van der Waals surface area contributed by atoms with Crippen LogP contribution in [0.1, 0.15) is 34.2 Å². The van der Waals surface area contributed by atoms with Gasteiger partial charge >= 0.3 is 0 Å². The number of hydrogen-bond acceptors (Lipinski definition) is 5. The van der Waals surface area contributed by atoms with Gasteiger partial charge in [0.1, 0.15) is 6.33 Å². The Morgan fingerprint density at radius 2 is 2.10 bits per heavy atom. The second kappa shape index (κ2) is 5.95. The molecule has 0 spiro atoms. The predicted molar refractivity (Wildman–Crippen MR) is 76.8 cm³/mol. The monoisotopic (exact) mass is 283 g/mol. The van der Waals surface area contributed by atoms with Crippen LogP contribution < -0.4 is 0 Å². The SMILES string of the molecule is CCc1ncnc2c1CCN(C(=O)c1ccnnc1)CC2. The molecule has 6 nitrogen and oxygen atoms in total. The summed E-state index contributed by atoms with van der Waals surface area (Å²) in [5, 5.41) is 7.48. The summed E-state index contributed by atoms with van der Waals surface area (Å²) in [6, 6.07) is 1.70. The molecule has 6 heteroatoms. The van der Waals surface area contributed by atoms with E-state index in [1.807, 2.05) is 4.90 Å². The Morgan fingerprint density at radius 3 is 2.86 bits per heavy atom. The van der Waals surface area contributed by atoms with Crippen molar-refractivity contribution in [2.45, 2.75) is 26.2 Å². The zero-order chi connectivity index (χ0) is 14.7. The topological polar surface area (TPSA) is 71.9 Å². The normalized spacial score (nSPS) is 14.4. The summed E-state index contributed by atoms with van der Waals surface area (Å²) in [5.41, 5.74) is 3.96. The Bertz CT molecular complexity index is 644. The van der Waals surface area contributed by atoms with Crippen LogP contribution in [0.3, 0.4) is 0 Å². The summed E-state index contributed by atoms with van der Waals surface area (Å²) in [5.74, 6) is 0.00344. The van der Waals surface area contributed by atoms with Crippen molar-refractivity contribution in [3.05, 3.63) is 47.3 Å². The van der Waals surface area contributed by atoms with Crippen LogP contribution in [-0.4, -0.2) is 44.1 Å². The lowest BCUT2D eigenvalue weighted by Gasteiger charge is -2.19. The molecular weight excluding hydrogens is 266 g/mol. The van der Waals surface area contributed by atoms with Crippen LogP contribution >= 0.6 is 0 Å². The molecule has 0 aromatic carbocycles. The van der Waals surface area contributed by atoms with Crippen molar-refractivity contribution < 1.29 is 4.79 Å². The zero-order valence-electron chi connectivity index (χ0n) is 12.0. The number of fused-ring (bicyclic) bond motifs is 1. The average molecular weight is 283 g/mol. The number of amides is 1. The third kappa shape index (κ3) is 2.74. The first-order valence-electron chi connectivity index (χ1n) is 7.17. The predicted octanol–water partition coefficient (Wildman–Crippen LogP) is 1.07. The van der Waals surface area contributed by atoms with Gasteiger partial charge < -0.3 is 4.90 Å². The standard InChI is InChI=1S/C15H17N5O/c1-2-13-12-4-7-20(8-5-14(12)17-10-16-13)15(21)11-3-6-18-19-9-11/h3,6,9-10H,2,4-5,7-8H2,1H3. The molecule has 0 unspecified atom stereocenters. The third-order valence-electron chi connectivity index (χ3n) is 3.83. The van der Waals surface area contributed by atoms with Crippen molar-refractivity contribution in [3.63, 3.8) is 0 Å². The summed E-state index contributed by atoms with van der Waals surface area (Å²) in [4.78, 5) is 23.1. The molecule has 3 heterocycles. The first kappa shape index (κ1) is 13.6. The first-order valence-corrected chi connectivity index (χ1v) is 7.17. The summed E-state index contributed by atoms with van der Waals surface area (Å²) >= 11 is 0. The van der Waals surface area contributed by atoms with Crippen LogP contribution in [0.15, 0.2) is 24.8 Å². The maximum atomic E-state index is 12.5. The highest BCUT2D eigenvalue weighted by atomic mass is 16.2. The highest BCUT2D eigenvalue weighted by molar-refractivity contribution is 5.93. The van der Waals surface area contributed by atoms with Gasteiger partial charge in [0.05, 0.1) is 18.0 Å². The minimum absolute atomic E-state index is 0.00344. The van der Waals surface area contributed by atoms with E-state index in [9.17, 15) is 4.79 Å². The number of aryl methyl sites for hydroxylation is 1. The average Bonchev–Trinajstić information content (AvgIpc) is 2.77. The lowest BCUT2D eigenvalue weighted by Crippen LogP contribution is -2.33. The molecule has 0 fully saturated rings. The molecule has 0 bridgehead atoms. The van der Waals surface area contributed by atoms with Crippen LogP contribution in [0.5, 0.6) is 0 Å². The van der Waals surface area contributed by atoms with Gasteiger partial charge in [-0.2, -0.15) is 10.2 Å². The van der Waals surface area contributed by atoms with Crippen molar-refractivity contribution in [1.29, 1.82) is 0 Å². The maximum absolute atomic E-state index is 12.5. The molecule has 1 aliphatic rings. The number of aromatic nitrogens is 4. The van der Waals surface area contributed by atoms with E-state index in [1.54, 1.807) is 18.6 Å². The van der Waals surface area contributed by atoms with E-state index in [1.165, 1.54) is 11.8 Å². The molecule has 0 saturated carbocycles. The Balaban J connectivity index is 1.80. The summed E-state index contributed by atoms with van der Waals surface area (Å²) in [6.45, 7) is 3.46. The van der Waals surface area contributed by atoms with Gasteiger partial charge in [-0.25, -0.2) is 9.97 Å². The van der Waals surface area contributed by atoms with Gasteiger partial charge in [0, 0.05) is 30.9 Å². The van der Waals surface area contributed by atoms with Crippen molar-refractivity contribution >= 4 is 5.91 Å². The van der Waals surface area contributed by atoms with Crippen molar-refractivity contribution in [2.24, 2.45) is 0 Å². The van der Waals surface area contributed by atoms with Crippen LogP contribution in [0.25, 0.3) is 0 Å². The van der Waals surface area contributed by atoms with Gasteiger partial charge in [-0.05, 0) is 24.5 Å². The van der Waals surface area contributed by atoms with Gasteiger partial charge in [-0.15, -0.1) is 0 Å². The summed E-state index contributed by atoms with van der Waals surface area (Å²) in [7, 11) is 0. The molecule has 1 amide bonds. The molecular formula is C15H17N5O. The highest BCUT2D eigenvalue weighted by Gasteiger charge is 2.22.